The van der Waals surface area contributed by atoms with Crippen LogP contribution < -0.4 is 5.32 Å². The Labute approximate surface area is 129 Å². The van der Waals surface area contributed by atoms with Gasteiger partial charge in [-0.05, 0) is 56.4 Å². The number of ether oxygens (including phenoxy) is 1. The lowest BCUT2D eigenvalue weighted by Gasteiger charge is -2.25. The van der Waals surface area contributed by atoms with Crippen molar-refractivity contribution in [2.45, 2.75) is 45.1 Å². The first-order valence-electron chi connectivity index (χ1n) is 8.52. The van der Waals surface area contributed by atoms with Crippen molar-refractivity contribution < 1.29 is 9.84 Å². The molecule has 0 spiro atoms. The Morgan fingerprint density at radius 1 is 1.19 bits per heavy atom. The van der Waals surface area contributed by atoms with Crippen LogP contribution in [0, 0.1) is 17.8 Å². The van der Waals surface area contributed by atoms with Crippen molar-refractivity contribution in [2.24, 2.45) is 17.8 Å². The predicted molar refractivity (Wildman–Crippen MR) is 87.2 cm³/mol. The Morgan fingerprint density at radius 3 is 2.76 bits per heavy atom. The van der Waals surface area contributed by atoms with Crippen molar-refractivity contribution in [3.8, 4) is 0 Å². The van der Waals surface area contributed by atoms with Gasteiger partial charge in [-0.3, -0.25) is 0 Å². The monoisotopic (exact) mass is 293 g/mol. The second-order valence-corrected chi connectivity index (χ2v) is 6.68. The summed E-state index contributed by atoms with van der Waals surface area (Å²) >= 11 is 0. The Morgan fingerprint density at radius 2 is 2.00 bits per heavy atom. The first-order valence-corrected chi connectivity index (χ1v) is 8.52. The summed E-state index contributed by atoms with van der Waals surface area (Å²) in [4.78, 5) is 0. The lowest BCUT2D eigenvalue weighted by molar-refractivity contribution is 0.0126. The van der Waals surface area contributed by atoms with Gasteiger partial charge in [0.25, 0.3) is 0 Å². The molecule has 0 bridgehead atoms. The minimum atomic E-state index is -0.390. The van der Waals surface area contributed by atoms with Gasteiger partial charge in [0.05, 0.1) is 19.3 Å². The second kappa shape index (κ2) is 9.39. The highest BCUT2D eigenvalue weighted by atomic mass is 16.5. The van der Waals surface area contributed by atoms with Crippen molar-refractivity contribution >= 4 is 0 Å². The standard InChI is InChI=1S/C18H31NO2/c1-15-7-5-6-10-17(15)13-21-14-18(20)12-19-11-16-8-3-2-4-9-16/h2-3,5-6,15-20H,4,7-14H2,1H3. The largest absolute Gasteiger partial charge is 0.389 e. The molecule has 0 heterocycles. The maximum Gasteiger partial charge on any atom is 0.0897 e. The molecule has 0 fully saturated rings. The molecule has 0 aromatic heterocycles. The van der Waals surface area contributed by atoms with E-state index in [1.165, 1.54) is 19.3 Å². The van der Waals surface area contributed by atoms with Gasteiger partial charge in [0.2, 0.25) is 0 Å². The van der Waals surface area contributed by atoms with E-state index in [9.17, 15) is 5.11 Å². The number of aliphatic hydroxyl groups excluding tert-OH is 1. The van der Waals surface area contributed by atoms with Crippen LogP contribution in [-0.4, -0.2) is 37.5 Å². The molecule has 0 saturated carbocycles. The Hall–Kier alpha value is -0.640. The molecule has 0 amide bonds. The normalized spacial score (nSPS) is 30.5. The molecule has 2 aliphatic carbocycles. The highest BCUT2D eigenvalue weighted by Crippen LogP contribution is 2.25. The van der Waals surface area contributed by atoms with E-state index in [0.717, 1.165) is 31.9 Å². The van der Waals surface area contributed by atoms with Crippen LogP contribution in [0.2, 0.25) is 0 Å². The summed E-state index contributed by atoms with van der Waals surface area (Å²) in [7, 11) is 0. The van der Waals surface area contributed by atoms with E-state index in [2.05, 4.69) is 36.5 Å². The molecule has 120 valence electrons. The fraction of sp³-hybridized carbons (Fsp3) is 0.778. The van der Waals surface area contributed by atoms with Crippen LogP contribution in [0.25, 0.3) is 0 Å². The van der Waals surface area contributed by atoms with E-state index in [4.69, 9.17) is 4.74 Å². The summed E-state index contributed by atoms with van der Waals surface area (Å²) < 4.78 is 5.71. The van der Waals surface area contributed by atoms with Crippen LogP contribution in [0.5, 0.6) is 0 Å². The van der Waals surface area contributed by atoms with E-state index < -0.39 is 6.10 Å². The molecule has 0 aliphatic heterocycles. The van der Waals surface area contributed by atoms with Gasteiger partial charge in [-0.15, -0.1) is 0 Å². The summed E-state index contributed by atoms with van der Waals surface area (Å²) in [5, 5.41) is 13.3. The number of allylic oxidation sites excluding steroid dienone is 4. The topological polar surface area (TPSA) is 41.5 Å². The molecule has 21 heavy (non-hydrogen) atoms. The van der Waals surface area contributed by atoms with E-state index >= 15 is 0 Å². The Kier molecular flexibility index (Phi) is 7.48. The fourth-order valence-corrected chi connectivity index (χ4v) is 3.15. The first-order chi connectivity index (χ1) is 10.3. The zero-order valence-corrected chi connectivity index (χ0v) is 13.3. The molecular weight excluding hydrogens is 262 g/mol. The number of rotatable bonds is 8. The van der Waals surface area contributed by atoms with Crippen LogP contribution >= 0.6 is 0 Å². The zero-order chi connectivity index (χ0) is 14.9. The summed E-state index contributed by atoms with van der Waals surface area (Å²) in [6.07, 6.45) is 14.6. The lowest BCUT2D eigenvalue weighted by Crippen LogP contribution is -2.34. The average molecular weight is 293 g/mol. The van der Waals surface area contributed by atoms with Crippen molar-refractivity contribution in [1.29, 1.82) is 0 Å². The van der Waals surface area contributed by atoms with Crippen molar-refractivity contribution in [3.63, 3.8) is 0 Å². The third kappa shape index (κ3) is 6.33. The van der Waals surface area contributed by atoms with Crippen LogP contribution in [-0.2, 0) is 4.74 Å². The van der Waals surface area contributed by atoms with Crippen LogP contribution in [0.3, 0.4) is 0 Å². The van der Waals surface area contributed by atoms with Gasteiger partial charge >= 0.3 is 0 Å². The number of aliphatic hydroxyl groups is 1. The van der Waals surface area contributed by atoms with Crippen molar-refractivity contribution in [3.05, 3.63) is 24.3 Å². The molecule has 3 heteroatoms. The minimum Gasteiger partial charge on any atom is -0.389 e. The maximum absolute atomic E-state index is 9.96. The molecule has 0 saturated heterocycles. The van der Waals surface area contributed by atoms with Gasteiger partial charge in [0, 0.05) is 6.54 Å². The van der Waals surface area contributed by atoms with Crippen molar-refractivity contribution in [2.75, 3.05) is 26.3 Å². The smallest absolute Gasteiger partial charge is 0.0897 e. The predicted octanol–water partition coefficient (Wildman–Crippen LogP) is 2.91. The lowest BCUT2D eigenvalue weighted by atomic mass is 9.85. The SMILES string of the molecule is CC1CC=CCC1COCC(O)CNCC1CC=CCC1. The Balaban J connectivity index is 1.50. The summed E-state index contributed by atoms with van der Waals surface area (Å²) in [5.74, 6) is 2.05. The zero-order valence-electron chi connectivity index (χ0n) is 13.3. The highest BCUT2D eigenvalue weighted by Gasteiger charge is 2.18. The van der Waals surface area contributed by atoms with Gasteiger partial charge < -0.3 is 15.2 Å². The van der Waals surface area contributed by atoms with Gasteiger partial charge in [-0.1, -0.05) is 31.2 Å². The molecule has 2 rings (SSSR count). The quantitative estimate of drug-likeness (QED) is 0.676. The summed E-state index contributed by atoms with van der Waals surface area (Å²) in [6.45, 7) is 5.15. The number of hydrogen-bond acceptors (Lipinski definition) is 3. The molecule has 4 atom stereocenters. The van der Waals surface area contributed by atoms with Gasteiger partial charge in [-0.25, -0.2) is 0 Å². The van der Waals surface area contributed by atoms with E-state index in [1.807, 2.05) is 0 Å². The molecule has 0 aromatic rings. The molecule has 3 nitrogen and oxygen atoms in total. The molecule has 2 N–H and O–H groups in total. The summed E-state index contributed by atoms with van der Waals surface area (Å²) in [5.41, 5.74) is 0. The summed E-state index contributed by atoms with van der Waals surface area (Å²) in [6, 6.07) is 0. The number of nitrogens with one attached hydrogen (secondary N) is 1. The van der Waals surface area contributed by atoms with E-state index in [0.29, 0.717) is 25.0 Å². The molecule has 2 aliphatic rings. The van der Waals surface area contributed by atoms with Crippen molar-refractivity contribution in [1.82, 2.24) is 5.32 Å². The van der Waals surface area contributed by atoms with E-state index in [1.54, 1.807) is 0 Å². The van der Waals surface area contributed by atoms with Gasteiger partial charge in [0.1, 0.15) is 0 Å². The Bertz CT molecular complexity index is 340. The van der Waals surface area contributed by atoms with Gasteiger partial charge in [-0.2, -0.15) is 0 Å². The third-order valence-corrected chi connectivity index (χ3v) is 4.75. The molecule has 0 aromatic carbocycles. The maximum atomic E-state index is 9.96. The molecule has 0 radical (unpaired) electrons. The molecular formula is C18H31NO2. The van der Waals surface area contributed by atoms with Crippen LogP contribution in [0.4, 0.5) is 0 Å². The first kappa shape index (κ1) is 16.7. The second-order valence-electron chi connectivity index (χ2n) is 6.68. The highest BCUT2D eigenvalue weighted by molar-refractivity contribution is 4.93. The van der Waals surface area contributed by atoms with Crippen LogP contribution in [0.15, 0.2) is 24.3 Å². The molecule has 4 unspecified atom stereocenters. The van der Waals surface area contributed by atoms with E-state index in [-0.39, 0.29) is 0 Å². The average Bonchev–Trinajstić information content (AvgIpc) is 2.50. The third-order valence-electron chi connectivity index (χ3n) is 4.75. The number of hydrogen-bond donors (Lipinski definition) is 2. The van der Waals surface area contributed by atoms with Gasteiger partial charge in [0.15, 0.2) is 0 Å². The minimum absolute atomic E-state index is 0.390. The fourth-order valence-electron chi connectivity index (χ4n) is 3.15. The van der Waals surface area contributed by atoms with Crippen LogP contribution in [0.1, 0.15) is 39.0 Å².